The van der Waals surface area contributed by atoms with Crippen molar-refractivity contribution >= 4 is 21.4 Å². The van der Waals surface area contributed by atoms with E-state index in [-0.39, 0.29) is 22.6 Å². The lowest BCUT2D eigenvalue weighted by Crippen LogP contribution is -2.49. The number of sulfone groups is 1. The summed E-state index contributed by atoms with van der Waals surface area (Å²) in [6.07, 6.45) is 0.415. The van der Waals surface area contributed by atoms with Gasteiger partial charge >= 0.3 is 0 Å². The van der Waals surface area contributed by atoms with Crippen LogP contribution in [0, 0.1) is 0 Å². The Hall–Kier alpha value is -2.18. The second kappa shape index (κ2) is 6.61. The number of hydrogen-bond donors (Lipinski definition) is 1. The molecule has 2 aromatic rings. The largest absolute Gasteiger partial charge is 0.320 e. The Morgan fingerprint density at radius 3 is 2.52 bits per heavy atom. The molecular formula is C19H22N2O3S. The summed E-state index contributed by atoms with van der Waals surface area (Å²) >= 11 is 0. The maximum atomic E-state index is 12.8. The molecular weight excluding hydrogens is 336 g/mol. The molecule has 25 heavy (non-hydrogen) atoms. The van der Waals surface area contributed by atoms with Gasteiger partial charge in [0.2, 0.25) is 5.91 Å². The zero-order valence-electron chi connectivity index (χ0n) is 14.3. The van der Waals surface area contributed by atoms with Gasteiger partial charge in [-0.2, -0.15) is 0 Å². The number of rotatable bonds is 4. The predicted molar refractivity (Wildman–Crippen MR) is 98.2 cm³/mol. The van der Waals surface area contributed by atoms with Crippen LogP contribution in [0.5, 0.6) is 0 Å². The van der Waals surface area contributed by atoms with E-state index in [1.807, 2.05) is 37.3 Å². The summed E-state index contributed by atoms with van der Waals surface area (Å²) in [6.45, 7) is 3.54. The van der Waals surface area contributed by atoms with E-state index in [0.29, 0.717) is 12.1 Å². The number of benzene rings is 2. The lowest BCUT2D eigenvalue weighted by Gasteiger charge is -2.37. The molecule has 2 N–H and O–H groups in total. The van der Waals surface area contributed by atoms with Crippen molar-refractivity contribution in [3.63, 3.8) is 0 Å². The molecule has 0 spiro atoms. The Bertz CT molecular complexity index is 894. The summed E-state index contributed by atoms with van der Waals surface area (Å²) in [5.74, 6) is -0.164. The SMILES string of the molecule is CCS(=O)(=O)c1ccc2c(c1)N([C@@H](C)c1ccccc1)C(=O)[C@H](N)C2. The van der Waals surface area contributed by atoms with Gasteiger partial charge in [-0.3, -0.25) is 4.79 Å². The highest BCUT2D eigenvalue weighted by Gasteiger charge is 2.34. The molecule has 0 saturated carbocycles. The van der Waals surface area contributed by atoms with E-state index < -0.39 is 15.9 Å². The smallest absolute Gasteiger partial charge is 0.244 e. The zero-order chi connectivity index (χ0) is 18.2. The molecule has 3 rings (SSSR count). The second-order valence-corrected chi connectivity index (χ2v) is 8.58. The summed E-state index contributed by atoms with van der Waals surface area (Å²) in [7, 11) is -3.35. The molecule has 2 aromatic carbocycles. The van der Waals surface area contributed by atoms with Crippen LogP contribution in [0.2, 0.25) is 0 Å². The van der Waals surface area contributed by atoms with Gasteiger partial charge in [-0.05, 0) is 36.6 Å². The summed E-state index contributed by atoms with van der Waals surface area (Å²) in [5.41, 5.74) is 8.54. The van der Waals surface area contributed by atoms with Gasteiger partial charge in [0.1, 0.15) is 0 Å². The van der Waals surface area contributed by atoms with Gasteiger partial charge in [0, 0.05) is 5.69 Å². The van der Waals surface area contributed by atoms with E-state index in [4.69, 9.17) is 5.73 Å². The van der Waals surface area contributed by atoms with Crippen molar-refractivity contribution in [2.75, 3.05) is 10.7 Å². The third kappa shape index (κ3) is 3.19. The molecule has 1 aliphatic rings. The van der Waals surface area contributed by atoms with Crippen LogP contribution in [0.15, 0.2) is 53.4 Å². The van der Waals surface area contributed by atoms with Crippen molar-refractivity contribution in [1.29, 1.82) is 0 Å². The molecule has 1 amide bonds. The molecule has 0 aromatic heterocycles. The second-order valence-electron chi connectivity index (χ2n) is 6.30. The molecule has 0 unspecified atom stereocenters. The number of carbonyl (C=O) groups is 1. The van der Waals surface area contributed by atoms with Crippen molar-refractivity contribution in [1.82, 2.24) is 0 Å². The van der Waals surface area contributed by atoms with Gasteiger partial charge in [0.15, 0.2) is 9.84 Å². The first-order chi connectivity index (χ1) is 11.8. The topological polar surface area (TPSA) is 80.5 Å². The summed E-state index contributed by atoms with van der Waals surface area (Å²) in [6, 6.07) is 13.8. The zero-order valence-corrected chi connectivity index (χ0v) is 15.2. The van der Waals surface area contributed by atoms with Crippen LogP contribution in [0.25, 0.3) is 0 Å². The van der Waals surface area contributed by atoms with E-state index in [1.54, 1.807) is 30.0 Å². The fourth-order valence-electron chi connectivity index (χ4n) is 3.20. The molecule has 1 heterocycles. The van der Waals surface area contributed by atoms with Crippen molar-refractivity contribution < 1.29 is 13.2 Å². The maximum Gasteiger partial charge on any atom is 0.244 e. The standard InChI is InChI=1S/C19H22N2O3S/c1-3-25(23,24)16-10-9-15-11-17(20)19(22)21(18(15)12-16)13(2)14-7-5-4-6-8-14/h4-10,12-13,17H,3,11,20H2,1-2H3/t13-,17+/m0/s1. The first-order valence-electron chi connectivity index (χ1n) is 8.34. The van der Waals surface area contributed by atoms with Crippen LogP contribution in [-0.2, 0) is 21.1 Å². The molecule has 132 valence electrons. The first-order valence-corrected chi connectivity index (χ1v) is 9.99. The Labute approximate surface area is 148 Å². The Morgan fingerprint density at radius 1 is 1.20 bits per heavy atom. The van der Waals surface area contributed by atoms with Gasteiger partial charge in [-0.15, -0.1) is 0 Å². The number of hydrogen-bond acceptors (Lipinski definition) is 4. The lowest BCUT2D eigenvalue weighted by molar-refractivity contribution is -0.120. The highest BCUT2D eigenvalue weighted by Crippen LogP contribution is 2.36. The van der Waals surface area contributed by atoms with E-state index in [9.17, 15) is 13.2 Å². The maximum absolute atomic E-state index is 12.8. The van der Waals surface area contributed by atoms with Crippen molar-refractivity contribution in [3.05, 3.63) is 59.7 Å². The minimum Gasteiger partial charge on any atom is -0.320 e. The first kappa shape index (κ1) is 17.6. The Kier molecular flexibility index (Phi) is 4.67. The van der Waals surface area contributed by atoms with Crippen molar-refractivity contribution in [3.8, 4) is 0 Å². The number of anilines is 1. The monoisotopic (exact) mass is 358 g/mol. The number of nitrogens with zero attached hydrogens (tertiary/aromatic N) is 1. The van der Waals surface area contributed by atoms with Crippen LogP contribution in [0.3, 0.4) is 0 Å². The molecule has 1 aliphatic heterocycles. The highest BCUT2D eigenvalue weighted by atomic mass is 32.2. The summed E-state index contributed by atoms with van der Waals surface area (Å²) in [4.78, 5) is 14.7. The minimum atomic E-state index is -3.35. The van der Waals surface area contributed by atoms with E-state index in [0.717, 1.165) is 11.1 Å². The Morgan fingerprint density at radius 2 is 1.88 bits per heavy atom. The quantitative estimate of drug-likeness (QED) is 0.910. The van der Waals surface area contributed by atoms with E-state index in [2.05, 4.69) is 0 Å². The van der Waals surface area contributed by atoms with Gasteiger partial charge in [0.05, 0.1) is 22.7 Å². The average molecular weight is 358 g/mol. The number of nitrogens with two attached hydrogens (primary N) is 1. The third-order valence-electron chi connectivity index (χ3n) is 4.72. The van der Waals surface area contributed by atoms with Crippen molar-refractivity contribution in [2.45, 2.75) is 37.2 Å². The Balaban J connectivity index is 2.13. The average Bonchev–Trinajstić information content (AvgIpc) is 2.62. The van der Waals surface area contributed by atoms with Gasteiger partial charge in [-0.1, -0.05) is 43.3 Å². The highest BCUT2D eigenvalue weighted by molar-refractivity contribution is 7.91. The minimum absolute atomic E-state index is 0.0213. The van der Waals surface area contributed by atoms with Crippen LogP contribution in [0.1, 0.15) is 31.0 Å². The van der Waals surface area contributed by atoms with Crippen LogP contribution in [0.4, 0.5) is 5.69 Å². The van der Waals surface area contributed by atoms with Gasteiger partial charge in [0.25, 0.3) is 0 Å². The van der Waals surface area contributed by atoms with Crippen LogP contribution < -0.4 is 10.6 Å². The molecule has 0 radical (unpaired) electrons. The predicted octanol–water partition coefficient (Wildman–Crippen LogP) is 2.46. The molecule has 5 nitrogen and oxygen atoms in total. The third-order valence-corrected chi connectivity index (χ3v) is 6.45. The normalized spacial score (nSPS) is 18.8. The molecule has 0 fully saturated rings. The fourth-order valence-corrected chi connectivity index (χ4v) is 4.10. The lowest BCUT2D eigenvalue weighted by atomic mass is 9.94. The van der Waals surface area contributed by atoms with E-state index in [1.165, 1.54) is 0 Å². The fraction of sp³-hybridized carbons (Fsp3) is 0.316. The van der Waals surface area contributed by atoms with Crippen molar-refractivity contribution in [2.24, 2.45) is 5.73 Å². The van der Waals surface area contributed by atoms with E-state index >= 15 is 0 Å². The summed E-state index contributed by atoms with van der Waals surface area (Å²) in [5, 5.41) is 0. The van der Waals surface area contributed by atoms with Gasteiger partial charge < -0.3 is 10.6 Å². The van der Waals surface area contributed by atoms with Gasteiger partial charge in [-0.25, -0.2) is 8.42 Å². The molecule has 0 bridgehead atoms. The molecule has 0 aliphatic carbocycles. The number of fused-ring (bicyclic) bond motifs is 1. The number of carbonyl (C=O) groups excluding carboxylic acids is 1. The number of amides is 1. The molecule has 6 heteroatoms. The summed E-state index contributed by atoms with van der Waals surface area (Å²) < 4.78 is 24.5. The van der Waals surface area contributed by atoms with Crippen LogP contribution >= 0.6 is 0 Å². The molecule has 0 saturated heterocycles. The van der Waals surface area contributed by atoms with Crippen LogP contribution in [-0.4, -0.2) is 26.1 Å². The molecule has 2 atom stereocenters.